The van der Waals surface area contributed by atoms with E-state index in [0.29, 0.717) is 12.1 Å². The minimum absolute atomic E-state index is 0.0654. The highest BCUT2D eigenvalue weighted by molar-refractivity contribution is 7.09. The van der Waals surface area contributed by atoms with E-state index in [-0.39, 0.29) is 5.91 Å². The molecule has 1 aromatic carbocycles. The molecular formula is C19H27N5OS. The standard InChI is InChI=1S/C19H27N5OS/c1-4-17-24-16(13-26-17)12-23-19(21-5-2)22-10-9-14-7-6-8-15(11-14)18(25)20-3/h6-8,11,13H,4-5,9-10,12H2,1-3H3,(H,20,25)(H2,21,22,23). The topological polar surface area (TPSA) is 78.4 Å². The molecule has 2 aromatic rings. The first kappa shape index (κ1) is 19.9. The number of carbonyl (C=O) groups excluding carboxylic acids is 1. The van der Waals surface area contributed by atoms with Crippen molar-refractivity contribution in [3.8, 4) is 0 Å². The Hall–Kier alpha value is -2.41. The number of aryl methyl sites for hydroxylation is 1. The summed E-state index contributed by atoms with van der Waals surface area (Å²) >= 11 is 1.68. The minimum Gasteiger partial charge on any atom is -0.357 e. The van der Waals surface area contributed by atoms with Crippen molar-refractivity contribution < 1.29 is 4.79 Å². The molecule has 1 heterocycles. The Morgan fingerprint density at radius 1 is 1.27 bits per heavy atom. The van der Waals surface area contributed by atoms with Crippen LogP contribution in [0.1, 0.15) is 40.5 Å². The van der Waals surface area contributed by atoms with Gasteiger partial charge >= 0.3 is 0 Å². The van der Waals surface area contributed by atoms with Crippen LogP contribution in [-0.2, 0) is 19.4 Å². The fourth-order valence-corrected chi connectivity index (χ4v) is 3.16. The number of amides is 1. The summed E-state index contributed by atoms with van der Waals surface area (Å²) in [4.78, 5) is 20.9. The van der Waals surface area contributed by atoms with E-state index in [4.69, 9.17) is 0 Å². The fraction of sp³-hybridized carbons (Fsp3) is 0.421. The van der Waals surface area contributed by atoms with Gasteiger partial charge in [-0.25, -0.2) is 9.98 Å². The number of thiazole rings is 1. The van der Waals surface area contributed by atoms with Gasteiger partial charge in [0.05, 0.1) is 17.2 Å². The summed E-state index contributed by atoms with van der Waals surface area (Å²) in [5.41, 5.74) is 2.80. The van der Waals surface area contributed by atoms with Crippen molar-refractivity contribution >= 4 is 23.2 Å². The van der Waals surface area contributed by atoms with E-state index in [1.807, 2.05) is 31.2 Å². The van der Waals surface area contributed by atoms with Gasteiger partial charge in [-0.1, -0.05) is 19.1 Å². The zero-order chi connectivity index (χ0) is 18.8. The van der Waals surface area contributed by atoms with Crippen LogP contribution in [0.5, 0.6) is 0 Å². The molecule has 0 atom stereocenters. The van der Waals surface area contributed by atoms with Gasteiger partial charge in [-0.2, -0.15) is 0 Å². The van der Waals surface area contributed by atoms with Crippen LogP contribution >= 0.6 is 11.3 Å². The zero-order valence-corrected chi connectivity index (χ0v) is 16.4. The maximum absolute atomic E-state index is 11.7. The molecule has 0 bridgehead atoms. The van der Waals surface area contributed by atoms with Crippen molar-refractivity contribution in [2.24, 2.45) is 4.99 Å². The summed E-state index contributed by atoms with van der Waals surface area (Å²) in [6, 6.07) is 7.68. The fourth-order valence-electron chi connectivity index (χ4n) is 2.42. The first-order valence-corrected chi connectivity index (χ1v) is 9.80. The first-order valence-electron chi connectivity index (χ1n) is 8.92. The average Bonchev–Trinajstić information content (AvgIpc) is 3.14. The van der Waals surface area contributed by atoms with Gasteiger partial charge in [0.2, 0.25) is 0 Å². The second-order valence-corrected chi connectivity index (χ2v) is 6.68. The Balaban J connectivity index is 1.89. The lowest BCUT2D eigenvalue weighted by Gasteiger charge is -2.11. The van der Waals surface area contributed by atoms with Crippen LogP contribution in [0.4, 0.5) is 0 Å². The van der Waals surface area contributed by atoms with E-state index in [1.165, 1.54) is 0 Å². The van der Waals surface area contributed by atoms with E-state index < -0.39 is 0 Å². The van der Waals surface area contributed by atoms with Crippen molar-refractivity contribution in [3.63, 3.8) is 0 Å². The van der Waals surface area contributed by atoms with Gasteiger partial charge in [-0.3, -0.25) is 4.79 Å². The summed E-state index contributed by atoms with van der Waals surface area (Å²) in [7, 11) is 1.64. The lowest BCUT2D eigenvalue weighted by Crippen LogP contribution is -2.38. The molecule has 0 saturated carbocycles. The SMILES string of the molecule is CCNC(=NCc1csc(CC)n1)NCCc1cccc(C(=O)NC)c1. The molecule has 0 aliphatic carbocycles. The molecule has 0 spiro atoms. The van der Waals surface area contributed by atoms with Gasteiger partial charge in [-0.05, 0) is 37.5 Å². The summed E-state index contributed by atoms with van der Waals surface area (Å²) < 4.78 is 0. The molecular weight excluding hydrogens is 346 g/mol. The summed E-state index contributed by atoms with van der Waals surface area (Å²) in [5.74, 6) is 0.713. The smallest absolute Gasteiger partial charge is 0.251 e. The van der Waals surface area contributed by atoms with E-state index in [0.717, 1.165) is 48.2 Å². The van der Waals surface area contributed by atoms with Gasteiger partial charge in [0, 0.05) is 31.1 Å². The first-order chi connectivity index (χ1) is 12.7. The lowest BCUT2D eigenvalue weighted by molar-refractivity contribution is 0.0963. The molecule has 26 heavy (non-hydrogen) atoms. The zero-order valence-electron chi connectivity index (χ0n) is 15.6. The Kier molecular flexibility index (Phi) is 8.08. The molecule has 2 rings (SSSR count). The number of aromatic nitrogens is 1. The third-order valence-corrected chi connectivity index (χ3v) is 4.81. The quantitative estimate of drug-likeness (QED) is 0.490. The van der Waals surface area contributed by atoms with Gasteiger partial charge in [-0.15, -0.1) is 11.3 Å². The lowest BCUT2D eigenvalue weighted by atomic mass is 10.1. The number of hydrogen-bond acceptors (Lipinski definition) is 4. The van der Waals surface area contributed by atoms with Crippen molar-refractivity contribution in [2.75, 3.05) is 20.1 Å². The molecule has 0 saturated heterocycles. The maximum atomic E-state index is 11.7. The van der Waals surface area contributed by atoms with Crippen molar-refractivity contribution in [2.45, 2.75) is 33.2 Å². The van der Waals surface area contributed by atoms with Crippen molar-refractivity contribution in [1.82, 2.24) is 20.9 Å². The Morgan fingerprint density at radius 2 is 2.12 bits per heavy atom. The van der Waals surface area contributed by atoms with Crippen LogP contribution in [0.2, 0.25) is 0 Å². The molecule has 0 aliphatic heterocycles. The number of benzene rings is 1. The molecule has 7 heteroatoms. The van der Waals surface area contributed by atoms with Crippen LogP contribution in [0.25, 0.3) is 0 Å². The third kappa shape index (κ3) is 6.15. The van der Waals surface area contributed by atoms with Gasteiger partial charge in [0.1, 0.15) is 0 Å². The Labute approximate surface area is 159 Å². The highest BCUT2D eigenvalue weighted by Crippen LogP contribution is 2.11. The number of guanidine groups is 1. The number of hydrogen-bond donors (Lipinski definition) is 3. The highest BCUT2D eigenvalue weighted by atomic mass is 32.1. The van der Waals surface area contributed by atoms with E-state index in [9.17, 15) is 4.79 Å². The number of nitrogens with one attached hydrogen (secondary N) is 3. The van der Waals surface area contributed by atoms with Gasteiger partial charge in [0.15, 0.2) is 5.96 Å². The van der Waals surface area contributed by atoms with Crippen LogP contribution in [0.3, 0.4) is 0 Å². The molecule has 0 radical (unpaired) electrons. The van der Waals surface area contributed by atoms with Crippen LogP contribution in [-0.4, -0.2) is 37.0 Å². The molecule has 0 fully saturated rings. The van der Waals surface area contributed by atoms with Crippen LogP contribution in [0, 0.1) is 0 Å². The maximum Gasteiger partial charge on any atom is 0.251 e. The molecule has 140 valence electrons. The minimum atomic E-state index is -0.0654. The van der Waals surface area contributed by atoms with Crippen molar-refractivity contribution in [3.05, 3.63) is 51.5 Å². The number of rotatable bonds is 8. The Morgan fingerprint density at radius 3 is 2.81 bits per heavy atom. The third-order valence-electron chi connectivity index (χ3n) is 3.77. The average molecular weight is 374 g/mol. The van der Waals surface area contributed by atoms with E-state index in [1.54, 1.807) is 18.4 Å². The highest BCUT2D eigenvalue weighted by Gasteiger charge is 2.05. The van der Waals surface area contributed by atoms with Gasteiger partial charge in [0.25, 0.3) is 5.91 Å². The largest absolute Gasteiger partial charge is 0.357 e. The predicted molar refractivity (Wildman–Crippen MR) is 108 cm³/mol. The van der Waals surface area contributed by atoms with E-state index >= 15 is 0 Å². The van der Waals surface area contributed by atoms with Gasteiger partial charge < -0.3 is 16.0 Å². The normalized spacial score (nSPS) is 11.3. The van der Waals surface area contributed by atoms with E-state index in [2.05, 4.69) is 38.2 Å². The molecule has 1 amide bonds. The number of nitrogens with zero attached hydrogens (tertiary/aromatic N) is 2. The van der Waals surface area contributed by atoms with Crippen LogP contribution < -0.4 is 16.0 Å². The molecule has 0 unspecified atom stereocenters. The number of carbonyl (C=O) groups is 1. The predicted octanol–water partition coefficient (Wildman–Crippen LogP) is 2.36. The Bertz CT molecular complexity index is 741. The second kappa shape index (κ2) is 10.6. The second-order valence-electron chi connectivity index (χ2n) is 5.74. The molecule has 6 nitrogen and oxygen atoms in total. The monoisotopic (exact) mass is 373 g/mol. The summed E-state index contributed by atoms with van der Waals surface area (Å²) in [5, 5.41) is 12.4. The van der Waals surface area contributed by atoms with Crippen molar-refractivity contribution in [1.29, 1.82) is 0 Å². The van der Waals surface area contributed by atoms with Crippen LogP contribution in [0.15, 0.2) is 34.6 Å². The number of aliphatic imine (C=N–C) groups is 1. The molecule has 1 aromatic heterocycles. The molecule has 0 aliphatic rings. The molecule has 3 N–H and O–H groups in total. The summed E-state index contributed by atoms with van der Waals surface area (Å²) in [6.45, 7) is 6.26. The summed E-state index contributed by atoms with van der Waals surface area (Å²) in [6.07, 6.45) is 1.77.